The first-order valence-corrected chi connectivity index (χ1v) is 11.4. The Labute approximate surface area is 199 Å². The third-order valence-electron chi connectivity index (χ3n) is 6.61. The molecule has 0 radical (unpaired) electrons. The molecule has 1 aliphatic carbocycles. The molecular formula is C24H22ClN5O4. The Bertz CT molecular complexity index is 1390. The number of nitrogens with zero attached hydrogens (tertiary/aromatic N) is 4. The minimum atomic E-state index is -0.933. The molecule has 3 heterocycles. The largest absolute Gasteiger partial charge is 0.494 e. The van der Waals surface area contributed by atoms with Crippen LogP contribution in [0.25, 0.3) is 16.6 Å². The van der Waals surface area contributed by atoms with Crippen LogP contribution in [-0.4, -0.2) is 43.4 Å². The monoisotopic (exact) mass is 479 g/mol. The number of halogens is 1. The maximum atomic E-state index is 13.1. The first kappa shape index (κ1) is 22.1. The second kappa shape index (κ2) is 8.25. The van der Waals surface area contributed by atoms with Gasteiger partial charge in [0.15, 0.2) is 0 Å². The number of rotatable bonds is 3. The first-order valence-electron chi connectivity index (χ1n) is 11.0. The van der Waals surface area contributed by atoms with Crippen molar-refractivity contribution in [3.05, 3.63) is 63.5 Å². The van der Waals surface area contributed by atoms with Crippen molar-refractivity contribution in [3.63, 3.8) is 0 Å². The van der Waals surface area contributed by atoms with Crippen molar-refractivity contribution in [2.75, 3.05) is 0 Å². The van der Waals surface area contributed by atoms with Crippen molar-refractivity contribution in [1.29, 1.82) is 0 Å². The van der Waals surface area contributed by atoms with E-state index in [9.17, 15) is 19.5 Å². The maximum absolute atomic E-state index is 13.1. The van der Waals surface area contributed by atoms with Gasteiger partial charge in [-0.25, -0.2) is 14.3 Å². The van der Waals surface area contributed by atoms with Crippen LogP contribution in [-0.2, 0) is 4.79 Å². The summed E-state index contributed by atoms with van der Waals surface area (Å²) in [7, 11) is 0. The number of aromatic nitrogens is 2. The van der Waals surface area contributed by atoms with E-state index in [0.29, 0.717) is 34.6 Å². The highest BCUT2D eigenvalue weighted by Crippen LogP contribution is 2.36. The van der Waals surface area contributed by atoms with Gasteiger partial charge in [0.2, 0.25) is 5.88 Å². The Hall–Kier alpha value is -3.72. The van der Waals surface area contributed by atoms with Gasteiger partial charge in [0.25, 0.3) is 11.5 Å². The Kier molecular flexibility index (Phi) is 5.36. The number of fused-ring (bicyclic) bond motifs is 1. The van der Waals surface area contributed by atoms with Gasteiger partial charge >= 0.3 is 6.03 Å². The molecule has 2 fully saturated rings. The first-order chi connectivity index (χ1) is 16.3. The van der Waals surface area contributed by atoms with Crippen LogP contribution >= 0.6 is 11.6 Å². The number of benzene rings is 1. The van der Waals surface area contributed by atoms with E-state index in [1.807, 2.05) is 0 Å². The summed E-state index contributed by atoms with van der Waals surface area (Å²) >= 11 is 5.92. The van der Waals surface area contributed by atoms with Crippen molar-refractivity contribution in [1.82, 2.24) is 19.9 Å². The molecule has 1 aromatic carbocycles. The Morgan fingerprint density at radius 1 is 1.15 bits per heavy atom. The standard InChI is InChI=1S/C24H22ClN5O4/c1-14-8-10-24(11-9-14)22(33)30(23(34)28-24)27-13-18-16-4-2-3-5-17(16)20(31)29(21(18)32)19-7-6-15(25)12-26-19/h2-7,12-14,32H,8-11H2,1H3,(H,28,34)/b27-13+. The van der Waals surface area contributed by atoms with Gasteiger partial charge in [0, 0.05) is 17.0 Å². The molecule has 1 aliphatic heterocycles. The molecule has 34 heavy (non-hydrogen) atoms. The summed E-state index contributed by atoms with van der Waals surface area (Å²) < 4.78 is 1.04. The Morgan fingerprint density at radius 2 is 1.85 bits per heavy atom. The predicted molar refractivity (Wildman–Crippen MR) is 127 cm³/mol. The molecule has 2 aliphatic rings. The number of urea groups is 1. The average molecular weight is 480 g/mol. The SMILES string of the molecule is CC1CCC2(CC1)NC(=O)N(/N=C/c1c(O)n(-c3ccc(Cl)cn3)c(=O)c3ccccc13)C2=O. The van der Waals surface area contributed by atoms with Gasteiger partial charge in [-0.15, -0.1) is 5.01 Å². The zero-order chi connectivity index (χ0) is 24.0. The van der Waals surface area contributed by atoms with Gasteiger partial charge in [-0.3, -0.25) is 9.59 Å². The lowest BCUT2D eigenvalue weighted by Crippen LogP contribution is -2.49. The quantitative estimate of drug-likeness (QED) is 0.440. The number of nitrogens with one attached hydrogen (secondary N) is 1. The molecule has 1 saturated carbocycles. The Morgan fingerprint density at radius 3 is 2.53 bits per heavy atom. The molecule has 2 N–H and O–H groups in total. The van der Waals surface area contributed by atoms with Crippen LogP contribution in [0.1, 0.15) is 38.2 Å². The molecule has 174 valence electrons. The number of hydrogen-bond acceptors (Lipinski definition) is 6. The summed E-state index contributed by atoms with van der Waals surface area (Å²) in [5.74, 6) is -0.163. The van der Waals surface area contributed by atoms with Gasteiger partial charge in [-0.05, 0) is 49.8 Å². The van der Waals surface area contributed by atoms with E-state index < -0.39 is 28.9 Å². The number of hydrogen-bond donors (Lipinski definition) is 2. The van der Waals surface area contributed by atoms with E-state index in [4.69, 9.17) is 11.6 Å². The molecule has 3 amide bonds. The van der Waals surface area contributed by atoms with Gasteiger partial charge in [-0.2, -0.15) is 5.10 Å². The summed E-state index contributed by atoms with van der Waals surface area (Å²) in [5, 5.41) is 19.9. The summed E-state index contributed by atoms with van der Waals surface area (Å²) in [6.45, 7) is 2.13. The van der Waals surface area contributed by atoms with Gasteiger partial charge in [0.05, 0.1) is 16.8 Å². The van der Waals surface area contributed by atoms with Crippen molar-refractivity contribution in [2.24, 2.45) is 11.0 Å². The average Bonchev–Trinajstić information content (AvgIpc) is 3.06. The molecule has 2 aromatic heterocycles. The van der Waals surface area contributed by atoms with Crippen molar-refractivity contribution < 1.29 is 14.7 Å². The second-order valence-corrected chi connectivity index (χ2v) is 9.25. The number of hydrazone groups is 1. The summed E-state index contributed by atoms with van der Waals surface area (Å²) in [4.78, 5) is 43.0. The minimum Gasteiger partial charge on any atom is -0.494 e. The smallest absolute Gasteiger partial charge is 0.346 e. The normalized spacial score (nSPS) is 22.8. The molecule has 10 heteroatoms. The van der Waals surface area contributed by atoms with Crippen molar-refractivity contribution in [2.45, 2.75) is 38.1 Å². The van der Waals surface area contributed by atoms with Gasteiger partial charge in [0.1, 0.15) is 11.4 Å². The van der Waals surface area contributed by atoms with E-state index in [2.05, 4.69) is 22.3 Å². The fraction of sp³-hybridized carbons (Fsp3) is 0.292. The molecule has 5 rings (SSSR count). The van der Waals surface area contributed by atoms with Crippen LogP contribution in [0, 0.1) is 5.92 Å². The number of aromatic hydroxyl groups is 1. The zero-order valence-electron chi connectivity index (χ0n) is 18.4. The molecule has 9 nitrogen and oxygen atoms in total. The van der Waals surface area contributed by atoms with Gasteiger partial charge in [-0.1, -0.05) is 36.7 Å². The van der Waals surface area contributed by atoms with E-state index >= 15 is 0 Å². The van der Waals surface area contributed by atoms with Crippen molar-refractivity contribution in [3.8, 4) is 11.7 Å². The number of carbonyl (C=O) groups excluding carboxylic acids is 2. The Balaban J connectivity index is 1.59. The molecule has 0 bridgehead atoms. The van der Waals surface area contributed by atoms with Gasteiger partial charge < -0.3 is 10.4 Å². The third-order valence-corrected chi connectivity index (χ3v) is 6.84. The minimum absolute atomic E-state index is 0.164. The van der Waals surface area contributed by atoms with E-state index in [1.165, 1.54) is 18.5 Å². The fourth-order valence-electron chi connectivity index (χ4n) is 4.62. The lowest BCUT2D eigenvalue weighted by molar-refractivity contribution is -0.132. The summed E-state index contributed by atoms with van der Waals surface area (Å²) in [5.41, 5.74) is -1.24. The van der Waals surface area contributed by atoms with Crippen LogP contribution < -0.4 is 10.9 Å². The topological polar surface area (TPSA) is 117 Å². The fourth-order valence-corrected chi connectivity index (χ4v) is 4.73. The highest BCUT2D eigenvalue weighted by atomic mass is 35.5. The number of carbonyl (C=O) groups is 2. The number of imide groups is 1. The van der Waals surface area contributed by atoms with Crippen LogP contribution in [0.4, 0.5) is 4.79 Å². The van der Waals surface area contributed by atoms with Crippen LogP contribution in [0.5, 0.6) is 5.88 Å². The van der Waals surface area contributed by atoms with E-state index in [0.717, 1.165) is 22.4 Å². The molecule has 0 atom stereocenters. The molecule has 3 aromatic rings. The molecule has 0 unspecified atom stereocenters. The lowest BCUT2D eigenvalue weighted by atomic mass is 9.77. The number of pyridine rings is 2. The van der Waals surface area contributed by atoms with Crippen LogP contribution in [0.2, 0.25) is 5.02 Å². The van der Waals surface area contributed by atoms with E-state index in [-0.39, 0.29) is 11.4 Å². The zero-order valence-corrected chi connectivity index (χ0v) is 19.1. The van der Waals surface area contributed by atoms with Crippen LogP contribution in [0.3, 0.4) is 0 Å². The predicted octanol–water partition coefficient (Wildman–Crippen LogP) is 3.58. The maximum Gasteiger partial charge on any atom is 0.346 e. The third kappa shape index (κ3) is 3.52. The second-order valence-electron chi connectivity index (χ2n) is 8.81. The lowest BCUT2D eigenvalue weighted by Gasteiger charge is -2.33. The molecular weight excluding hydrogens is 458 g/mol. The van der Waals surface area contributed by atoms with E-state index in [1.54, 1.807) is 30.3 Å². The van der Waals surface area contributed by atoms with Crippen LogP contribution in [0.15, 0.2) is 52.5 Å². The molecule has 1 spiro atoms. The summed E-state index contributed by atoms with van der Waals surface area (Å²) in [6.07, 6.45) is 5.40. The highest BCUT2D eigenvalue weighted by molar-refractivity contribution is 6.30. The molecule has 1 saturated heterocycles. The highest BCUT2D eigenvalue weighted by Gasteiger charge is 2.52. The number of amides is 3. The van der Waals surface area contributed by atoms with Crippen molar-refractivity contribution >= 4 is 40.5 Å². The summed E-state index contributed by atoms with van der Waals surface area (Å²) in [6, 6.07) is 9.15.